The molecule has 1 unspecified atom stereocenters. The van der Waals surface area contributed by atoms with Crippen molar-refractivity contribution in [1.82, 2.24) is 4.90 Å². The molecular weight excluding hydrogens is 315 g/mol. The summed E-state index contributed by atoms with van der Waals surface area (Å²) in [6.45, 7) is 9.73. The van der Waals surface area contributed by atoms with Crippen LogP contribution in [0.15, 0.2) is 4.99 Å². The van der Waals surface area contributed by atoms with Gasteiger partial charge in [-0.15, -0.1) is 24.0 Å². The molecule has 5 heteroatoms. The molecule has 1 heterocycles. The molecule has 1 aliphatic heterocycles. The largest absolute Gasteiger partial charge is 0.370 e. The van der Waals surface area contributed by atoms with Crippen LogP contribution in [0.3, 0.4) is 0 Å². The van der Waals surface area contributed by atoms with E-state index in [2.05, 4.69) is 30.7 Å². The van der Waals surface area contributed by atoms with E-state index < -0.39 is 0 Å². The van der Waals surface area contributed by atoms with Gasteiger partial charge in [0, 0.05) is 12.1 Å². The third kappa shape index (κ3) is 4.86. The van der Waals surface area contributed by atoms with Crippen molar-refractivity contribution in [2.45, 2.75) is 39.2 Å². The number of nitrogens with two attached hydrogens (primary N) is 2. The highest BCUT2D eigenvalue weighted by Crippen LogP contribution is 2.23. The predicted octanol–water partition coefficient (Wildman–Crippen LogP) is 1.39. The Morgan fingerprint density at radius 3 is 2.56 bits per heavy atom. The van der Waals surface area contributed by atoms with Crippen molar-refractivity contribution in [3.05, 3.63) is 0 Å². The Hall–Kier alpha value is -0.0400. The standard InChI is InChI=1S/C11H24N4.HI/c1-9-5-4-6-15(7-9)11(2,3)8-14-10(12)13;/h9H,4-8H2,1-3H3,(H4,12,13,14);1H. The SMILES string of the molecule is CC1CCCN(C(C)(C)CN=C(N)N)C1.I. The summed E-state index contributed by atoms with van der Waals surface area (Å²) >= 11 is 0. The van der Waals surface area contributed by atoms with Crippen LogP contribution in [0.5, 0.6) is 0 Å². The van der Waals surface area contributed by atoms with Crippen molar-refractivity contribution in [3.63, 3.8) is 0 Å². The Morgan fingerprint density at radius 2 is 2.06 bits per heavy atom. The smallest absolute Gasteiger partial charge is 0.185 e. The van der Waals surface area contributed by atoms with E-state index in [-0.39, 0.29) is 35.5 Å². The Balaban J connectivity index is 0.00000225. The molecule has 4 N–H and O–H groups in total. The maximum absolute atomic E-state index is 5.37. The number of guanidine groups is 1. The van der Waals surface area contributed by atoms with Crippen LogP contribution in [-0.4, -0.2) is 36.0 Å². The Morgan fingerprint density at radius 1 is 1.44 bits per heavy atom. The molecule has 0 aliphatic carbocycles. The third-order valence-electron chi connectivity index (χ3n) is 3.16. The average Bonchev–Trinajstić information content (AvgIpc) is 2.15. The second-order valence-electron chi connectivity index (χ2n) is 5.25. The molecule has 0 bridgehead atoms. The van der Waals surface area contributed by atoms with Gasteiger partial charge in [0.25, 0.3) is 0 Å². The summed E-state index contributed by atoms with van der Waals surface area (Å²) in [7, 11) is 0. The second kappa shape index (κ2) is 6.64. The van der Waals surface area contributed by atoms with Crippen LogP contribution in [0.2, 0.25) is 0 Å². The van der Waals surface area contributed by atoms with E-state index in [1.165, 1.54) is 12.8 Å². The highest BCUT2D eigenvalue weighted by molar-refractivity contribution is 14.0. The van der Waals surface area contributed by atoms with Crippen molar-refractivity contribution in [2.24, 2.45) is 22.4 Å². The van der Waals surface area contributed by atoms with Crippen LogP contribution >= 0.6 is 24.0 Å². The van der Waals surface area contributed by atoms with Crippen molar-refractivity contribution in [3.8, 4) is 0 Å². The number of rotatable bonds is 3. The van der Waals surface area contributed by atoms with Crippen molar-refractivity contribution >= 4 is 29.9 Å². The lowest BCUT2D eigenvalue weighted by Gasteiger charge is -2.42. The van der Waals surface area contributed by atoms with Gasteiger partial charge in [-0.05, 0) is 39.2 Å². The summed E-state index contributed by atoms with van der Waals surface area (Å²) in [5, 5.41) is 0. The quantitative estimate of drug-likeness (QED) is 0.463. The molecule has 1 saturated heterocycles. The average molecular weight is 340 g/mol. The molecule has 1 fully saturated rings. The highest BCUT2D eigenvalue weighted by atomic mass is 127. The zero-order valence-corrected chi connectivity index (χ0v) is 12.9. The molecule has 4 nitrogen and oxygen atoms in total. The molecule has 0 spiro atoms. The van der Waals surface area contributed by atoms with Gasteiger partial charge in [-0.25, -0.2) is 0 Å². The normalized spacial score (nSPS) is 22.3. The number of aliphatic imine (C=N–C) groups is 1. The lowest BCUT2D eigenvalue weighted by atomic mass is 9.94. The summed E-state index contributed by atoms with van der Waals surface area (Å²) < 4.78 is 0. The fourth-order valence-corrected chi connectivity index (χ4v) is 2.12. The Labute approximate surface area is 116 Å². The maximum Gasteiger partial charge on any atom is 0.185 e. The monoisotopic (exact) mass is 340 g/mol. The molecule has 0 aromatic rings. The first-order valence-electron chi connectivity index (χ1n) is 5.72. The summed E-state index contributed by atoms with van der Waals surface area (Å²) in [5.74, 6) is 0.977. The fourth-order valence-electron chi connectivity index (χ4n) is 2.12. The second-order valence-corrected chi connectivity index (χ2v) is 5.25. The first kappa shape index (κ1) is 16.0. The minimum absolute atomic E-state index is 0. The molecule has 0 saturated carbocycles. The zero-order valence-electron chi connectivity index (χ0n) is 10.6. The van der Waals surface area contributed by atoms with E-state index in [0.717, 1.165) is 19.0 Å². The van der Waals surface area contributed by atoms with E-state index in [1.54, 1.807) is 0 Å². The predicted molar refractivity (Wildman–Crippen MR) is 80.1 cm³/mol. The molecule has 0 aromatic carbocycles. The van der Waals surface area contributed by atoms with E-state index in [4.69, 9.17) is 11.5 Å². The maximum atomic E-state index is 5.37. The van der Waals surface area contributed by atoms with Gasteiger partial charge < -0.3 is 11.5 Å². The molecule has 0 radical (unpaired) electrons. The summed E-state index contributed by atoms with van der Waals surface area (Å²) in [6.07, 6.45) is 2.63. The van der Waals surface area contributed by atoms with Crippen LogP contribution in [0, 0.1) is 5.92 Å². The van der Waals surface area contributed by atoms with E-state index in [0.29, 0.717) is 6.54 Å². The van der Waals surface area contributed by atoms with Gasteiger partial charge in [0.2, 0.25) is 0 Å². The molecule has 96 valence electrons. The molecule has 16 heavy (non-hydrogen) atoms. The third-order valence-corrected chi connectivity index (χ3v) is 3.16. The lowest BCUT2D eigenvalue weighted by Crippen LogP contribution is -2.51. The Bertz CT molecular complexity index is 236. The first-order valence-corrected chi connectivity index (χ1v) is 5.72. The summed E-state index contributed by atoms with van der Waals surface area (Å²) in [4.78, 5) is 6.62. The molecule has 0 amide bonds. The molecule has 1 aliphatic rings. The van der Waals surface area contributed by atoms with Gasteiger partial charge in [-0.2, -0.15) is 0 Å². The Kier molecular flexibility index (Phi) is 6.62. The number of piperidine rings is 1. The van der Waals surface area contributed by atoms with E-state index in [1.807, 2.05) is 0 Å². The van der Waals surface area contributed by atoms with Crippen molar-refractivity contribution in [1.29, 1.82) is 0 Å². The molecule has 1 atom stereocenters. The fraction of sp³-hybridized carbons (Fsp3) is 0.909. The van der Waals surface area contributed by atoms with Gasteiger partial charge in [0.05, 0.1) is 6.54 Å². The number of nitrogens with zero attached hydrogens (tertiary/aromatic N) is 2. The van der Waals surface area contributed by atoms with Crippen LogP contribution < -0.4 is 11.5 Å². The summed E-state index contributed by atoms with van der Waals surface area (Å²) in [5.41, 5.74) is 10.8. The van der Waals surface area contributed by atoms with Crippen molar-refractivity contribution in [2.75, 3.05) is 19.6 Å². The van der Waals surface area contributed by atoms with Crippen molar-refractivity contribution < 1.29 is 0 Å². The molecule has 1 rings (SSSR count). The minimum atomic E-state index is 0. The summed E-state index contributed by atoms with van der Waals surface area (Å²) in [6, 6.07) is 0. The van der Waals surface area contributed by atoms with Gasteiger partial charge in [0.1, 0.15) is 0 Å². The van der Waals surface area contributed by atoms with E-state index >= 15 is 0 Å². The minimum Gasteiger partial charge on any atom is -0.370 e. The van der Waals surface area contributed by atoms with Crippen LogP contribution in [0.4, 0.5) is 0 Å². The van der Waals surface area contributed by atoms with Crippen LogP contribution in [0.1, 0.15) is 33.6 Å². The van der Waals surface area contributed by atoms with E-state index in [9.17, 15) is 0 Å². The van der Waals surface area contributed by atoms with Gasteiger partial charge in [0.15, 0.2) is 5.96 Å². The topological polar surface area (TPSA) is 67.6 Å². The zero-order chi connectivity index (χ0) is 11.5. The highest BCUT2D eigenvalue weighted by Gasteiger charge is 2.29. The molecular formula is C11H25IN4. The van der Waals surface area contributed by atoms with Gasteiger partial charge in [-0.1, -0.05) is 6.92 Å². The first-order chi connectivity index (χ1) is 6.92. The van der Waals surface area contributed by atoms with Gasteiger partial charge >= 0.3 is 0 Å². The number of likely N-dealkylation sites (tertiary alicyclic amines) is 1. The lowest BCUT2D eigenvalue weighted by molar-refractivity contribution is 0.0775. The number of halogens is 1. The number of hydrogen-bond acceptors (Lipinski definition) is 2. The number of hydrogen-bond donors (Lipinski definition) is 2. The van der Waals surface area contributed by atoms with Crippen LogP contribution in [-0.2, 0) is 0 Å². The van der Waals surface area contributed by atoms with Gasteiger partial charge in [-0.3, -0.25) is 9.89 Å². The molecule has 0 aromatic heterocycles. The van der Waals surface area contributed by atoms with Crippen LogP contribution in [0.25, 0.3) is 0 Å².